The number of carbonyl (C=O) groups is 1. The highest BCUT2D eigenvalue weighted by Gasteiger charge is 2.04. The largest absolute Gasteiger partial charge is 0.508 e. The number of benzene rings is 1. The van der Waals surface area contributed by atoms with Gasteiger partial charge in [-0.15, -0.1) is 12.4 Å². The summed E-state index contributed by atoms with van der Waals surface area (Å²) in [6.45, 7) is 1.86. The van der Waals surface area contributed by atoms with Crippen molar-refractivity contribution in [3.63, 3.8) is 0 Å². The molecule has 5 heteroatoms. The molecular formula is C11H17ClN2O2. The topological polar surface area (TPSA) is 75.4 Å². The summed E-state index contributed by atoms with van der Waals surface area (Å²) in [4.78, 5) is 11.4. The molecule has 0 aliphatic heterocycles. The third kappa shape index (κ3) is 5.58. The molecule has 0 aliphatic carbocycles. The van der Waals surface area contributed by atoms with E-state index in [2.05, 4.69) is 5.32 Å². The molecule has 1 aromatic carbocycles. The van der Waals surface area contributed by atoms with Crippen LogP contribution in [-0.2, 0) is 4.79 Å². The maximum atomic E-state index is 11.4. The zero-order valence-corrected chi connectivity index (χ0v) is 9.96. The first-order valence-electron chi connectivity index (χ1n) is 4.92. The van der Waals surface area contributed by atoms with Crippen molar-refractivity contribution in [1.82, 2.24) is 0 Å². The Kier molecular flexibility index (Phi) is 6.53. The van der Waals surface area contributed by atoms with Gasteiger partial charge in [0, 0.05) is 24.2 Å². The van der Waals surface area contributed by atoms with E-state index in [9.17, 15) is 9.90 Å². The zero-order valence-electron chi connectivity index (χ0n) is 9.14. The van der Waals surface area contributed by atoms with Gasteiger partial charge in [0.05, 0.1) is 0 Å². The van der Waals surface area contributed by atoms with Crippen LogP contribution in [0.1, 0.15) is 19.8 Å². The van der Waals surface area contributed by atoms with Gasteiger partial charge < -0.3 is 16.2 Å². The minimum Gasteiger partial charge on any atom is -0.508 e. The second-order valence-corrected chi connectivity index (χ2v) is 3.61. The Labute approximate surface area is 101 Å². The van der Waals surface area contributed by atoms with Gasteiger partial charge in [0.1, 0.15) is 5.75 Å². The van der Waals surface area contributed by atoms with Crippen molar-refractivity contribution >= 4 is 24.0 Å². The van der Waals surface area contributed by atoms with Crippen molar-refractivity contribution in [2.45, 2.75) is 25.8 Å². The normalized spacial score (nSPS) is 11.4. The lowest BCUT2D eigenvalue weighted by molar-refractivity contribution is -0.116. The number of rotatable bonds is 4. The zero-order chi connectivity index (χ0) is 11.3. The van der Waals surface area contributed by atoms with Crippen molar-refractivity contribution in [1.29, 1.82) is 0 Å². The van der Waals surface area contributed by atoms with E-state index >= 15 is 0 Å². The second-order valence-electron chi connectivity index (χ2n) is 3.61. The van der Waals surface area contributed by atoms with E-state index in [0.717, 1.165) is 0 Å². The number of phenolic OH excluding ortho intramolecular Hbond substituents is 1. The first-order valence-corrected chi connectivity index (χ1v) is 4.92. The van der Waals surface area contributed by atoms with Crippen molar-refractivity contribution in [3.05, 3.63) is 24.3 Å². The molecule has 1 atom stereocenters. The molecule has 0 aliphatic rings. The molecule has 1 unspecified atom stereocenters. The van der Waals surface area contributed by atoms with Gasteiger partial charge in [-0.3, -0.25) is 4.79 Å². The first-order chi connectivity index (χ1) is 7.08. The Morgan fingerprint density at radius 1 is 1.56 bits per heavy atom. The van der Waals surface area contributed by atoms with Gasteiger partial charge >= 0.3 is 0 Å². The number of nitrogens with one attached hydrogen (secondary N) is 1. The van der Waals surface area contributed by atoms with Crippen molar-refractivity contribution in [2.24, 2.45) is 5.73 Å². The van der Waals surface area contributed by atoms with E-state index in [1.165, 1.54) is 6.07 Å². The standard InChI is InChI=1S/C11H16N2O2.ClH/c1-8(12)5-6-11(15)13-9-3-2-4-10(14)7-9;/h2-4,7-8,14H,5-6,12H2,1H3,(H,13,15);1H. The van der Waals surface area contributed by atoms with Gasteiger partial charge in [-0.25, -0.2) is 0 Å². The highest BCUT2D eigenvalue weighted by atomic mass is 35.5. The predicted octanol–water partition coefficient (Wildman–Crippen LogP) is 1.88. The number of phenols is 1. The smallest absolute Gasteiger partial charge is 0.224 e. The summed E-state index contributed by atoms with van der Waals surface area (Å²) in [5.41, 5.74) is 6.14. The number of amides is 1. The van der Waals surface area contributed by atoms with Gasteiger partial charge in [0.15, 0.2) is 0 Å². The summed E-state index contributed by atoms with van der Waals surface area (Å²) in [5, 5.41) is 11.9. The number of carbonyl (C=O) groups excluding carboxylic acids is 1. The van der Waals surface area contributed by atoms with Crippen LogP contribution < -0.4 is 11.1 Å². The van der Waals surface area contributed by atoms with E-state index < -0.39 is 0 Å². The quantitative estimate of drug-likeness (QED) is 0.757. The van der Waals surface area contributed by atoms with Crippen LogP contribution in [0, 0.1) is 0 Å². The van der Waals surface area contributed by atoms with Crippen molar-refractivity contribution < 1.29 is 9.90 Å². The number of nitrogens with two attached hydrogens (primary N) is 1. The van der Waals surface area contributed by atoms with Crippen LogP contribution in [0.25, 0.3) is 0 Å². The fourth-order valence-corrected chi connectivity index (χ4v) is 1.17. The molecule has 0 spiro atoms. The van der Waals surface area contributed by atoms with Gasteiger partial charge in [-0.1, -0.05) is 6.07 Å². The average Bonchev–Trinajstić information content (AvgIpc) is 2.15. The summed E-state index contributed by atoms with van der Waals surface area (Å²) >= 11 is 0. The number of anilines is 1. The molecule has 0 radical (unpaired) electrons. The molecule has 0 saturated carbocycles. The van der Waals surface area contributed by atoms with Crippen molar-refractivity contribution in [3.8, 4) is 5.75 Å². The molecule has 1 rings (SSSR count). The molecular weight excluding hydrogens is 228 g/mol. The van der Waals surface area contributed by atoms with Crippen LogP contribution in [0.15, 0.2) is 24.3 Å². The molecule has 0 saturated heterocycles. The van der Waals surface area contributed by atoms with Gasteiger partial charge in [0.25, 0.3) is 0 Å². The molecule has 4 N–H and O–H groups in total. The molecule has 16 heavy (non-hydrogen) atoms. The van der Waals surface area contributed by atoms with E-state index in [1.54, 1.807) is 18.2 Å². The molecule has 1 aromatic rings. The van der Waals surface area contributed by atoms with E-state index in [4.69, 9.17) is 5.73 Å². The minimum absolute atomic E-state index is 0. The Bertz CT molecular complexity index is 343. The lowest BCUT2D eigenvalue weighted by Gasteiger charge is -2.06. The average molecular weight is 245 g/mol. The van der Waals surface area contributed by atoms with E-state index in [1.807, 2.05) is 6.92 Å². The molecule has 1 amide bonds. The molecule has 0 aromatic heterocycles. The highest BCUT2D eigenvalue weighted by Crippen LogP contribution is 2.15. The number of halogens is 1. The summed E-state index contributed by atoms with van der Waals surface area (Å²) in [6, 6.07) is 6.49. The van der Waals surface area contributed by atoms with Crippen LogP contribution in [-0.4, -0.2) is 17.1 Å². The first kappa shape index (κ1) is 14.7. The van der Waals surface area contributed by atoms with E-state index in [-0.39, 0.29) is 30.1 Å². The van der Waals surface area contributed by atoms with Gasteiger partial charge in [-0.05, 0) is 25.5 Å². The number of aromatic hydroxyl groups is 1. The van der Waals surface area contributed by atoms with Crippen molar-refractivity contribution in [2.75, 3.05) is 5.32 Å². The molecule has 0 bridgehead atoms. The Morgan fingerprint density at radius 2 is 2.25 bits per heavy atom. The molecule has 90 valence electrons. The SMILES string of the molecule is CC(N)CCC(=O)Nc1cccc(O)c1.Cl. The Balaban J connectivity index is 0.00000225. The van der Waals surface area contributed by atoms with Crippen LogP contribution in [0.3, 0.4) is 0 Å². The second kappa shape index (κ2) is 7.09. The summed E-state index contributed by atoms with van der Waals surface area (Å²) in [7, 11) is 0. The Morgan fingerprint density at radius 3 is 2.81 bits per heavy atom. The molecule has 0 fully saturated rings. The maximum Gasteiger partial charge on any atom is 0.224 e. The molecule has 0 heterocycles. The summed E-state index contributed by atoms with van der Waals surface area (Å²) in [6.07, 6.45) is 1.05. The summed E-state index contributed by atoms with van der Waals surface area (Å²) in [5.74, 6) is 0.0536. The maximum absolute atomic E-state index is 11.4. The lowest BCUT2D eigenvalue weighted by Crippen LogP contribution is -2.19. The van der Waals surface area contributed by atoms with Crippen LogP contribution in [0.4, 0.5) is 5.69 Å². The summed E-state index contributed by atoms with van der Waals surface area (Å²) < 4.78 is 0. The van der Waals surface area contributed by atoms with Crippen LogP contribution >= 0.6 is 12.4 Å². The van der Waals surface area contributed by atoms with Crippen LogP contribution in [0.2, 0.25) is 0 Å². The third-order valence-corrected chi connectivity index (χ3v) is 1.96. The molecule has 4 nitrogen and oxygen atoms in total. The predicted molar refractivity (Wildman–Crippen MR) is 66.9 cm³/mol. The van der Waals surface area contributed by atoms with Gasteiger partial charge in [0.2, 0.25) is 5.91 Å². The number of hydrogen-bond acceptors (Lipinski definition) is 3. The van der Waals surface area contributed by atoms with Crippen LogP contribution in [0.5, 0.6) is 5.75 Å². The third-order valence-electron chi connectivity index (χ3n) is 1.96. The highest BCUT2D eigenvalue weighted by molar-refractivity contribution is 5.90. The van der Waals surface area contributed by atoms with E-state index in [0.29, 0.717) is 18.5 Å². The lowest BCUT2D eigenvalue weighted by atomic mass is 10.2. The number of hydrogen-bond donors (Lipinski definition) is 3. The fourth-order valence-electron chi connectivity index (χ4n) is 1.17. The monoisotopic (exact) mass is 244 g/mol. The minimum atomic E-state index is -0.0853. The van der Waals surface area contributed by atoms with Gasteiger partial charge in [-0.2, -0.15) is 0 Å². The fraction of sp³-hybridized carbons (Fsp3) is 0.364. The Hall–Kier alpha value is -1.26.